The minimum atomic E-state index is -0.0991. The first-order valence-electron chi connectivity index (χ1n) is 11.4. The molecular weight excluding hydrogens is 390 g/mol. The van der Waals surface area contributed by atoms with Gasteiger partial charge in [-0.15, -0.1) is 0 Å². The molecule has 4 aromatic carbocycles. The number of aromatic nitrogens is 1. The van der Waals surface area contributed by atoms with E-state index in [-0.39, 0.29) is 10.8 Å². The second-order valence-electron chi connectivity index (χ2n) is 8.94. The fourth-order valence-corrected chi connectivity index (χ4v) is 5.87. The lowest BCUT2D eigenvalue weighted by Crippen LogP contribution is -2.15. The first-order valence-corrected chi connectivity index (χ1v) is 11.4. The molecule has 0 bridgehead atoms. The van der Waals surface area contributed by atoms with Crippen LogP contribution in [0.2, 0.25) is 0 Å². The minimum Gasteiger partial charge on any atom is -0.308 e. The van der Waals surface area contributed by atoms with E-state index in [2.05, 4.69) is 66.8 Å². The molecular formula is C30H25NO. The maximum atomic E-state index is 13.3. The first-order chi connectivity index (χ1) is 15.6. The van der Waals surface area contributed by atoms with Crippen LogP contribution in [-0.2, 0) is 5.41 Å². The molecule has 0 saturated heterocycles. The van der Waals surface area contributed by atoms with Crippen molar-refractivity contribution < 1.29 is 0 Å². The molecule has 2 nitrogen and oxygen atoms in total. The number of pyridine rings is 1. The lowest BCUT2D eigenvalue weighted by molar-refractivity contribution is 0.666. The topological polar surface area (TPSA) is 21.5 Å². The van der Waals surface area contributed by atoms with Crippen molar-refractivity contribution >= 4 is 38.1 Å². The maximum Gasteiger partial charge on any atom is 0.197 e. The number of hydrogen-bond donors (Lipinski definition) is 0. The Bertz CT molecular complexity index is 1740. The Morgan fingerprint density at radius 2 is 1.34 bits per heavy atom. The number of para-hydroxylation sites is 2. The van der Waals surface area contributed by atoms with Gasteiger partial charge in [0.1, 0.15) is 0 Å². The lowest BCUT2D eigenvalue weighted by atomic mass is 9.80. The van der Waals surface area contributed by atoms with Crippen molar-refractivity contribution in [3.63, 3.8) is 0 Å². The number of rotatable bonds is 0. The van der Waals surface area contributed by atoms with Gasteiger partial charge in [-0.25, -0.2) is 0 Å². The van der Waals surface area contributed by atoms with Crippen molar-refractivity contribution in [1.82, 2.24) is 4.40 Å². The molecule has 0 saturated carbocycles. The van der Waals surface area contributed by atoms with Crippen LogP contribution in [0.25, 0.3) is 49.2 Å². The molecule has 0 unspecified atom stereocenters. The van der Waals surface area contributed by atoms with Crippen LogP contribution in [0.5, 0.6) is 0 Å². The van der Waals surface area contributed by atoms with Gasteiger partial charge in [-0.1, -0.05) is 82.3 Å². The van der Waals surface area contributed by atoms with Gasteiger partial charge in [0.25, 0.3) is 0 Å². The molecule has 0 amide bonds. The summed E-state index contributed by atoms with van der Waals surface area (Å²) in [5.74, 6) is 0. The zero-order chi connectivity index (χ0) is 22.2. The maximum absolute atomic E-state index is 13.3. The molecule has 0 fully saturated rings. The number of benzene rings is 4. The molecule has 0 aliphatic heterocycles. The van der Waals surface area contributed by atoms with Gasteiger partial charge in [-0.05, 0) is 46.5 Å². The highest BCUT2D eigenvalue weighted by Crippen LogP contribution is 2.53. The smallest absolute Gasteiger partial charge is 0.197 e. The Kier molecular flexibility index (Phi) is 3.83. The highest BCUT2D eigenvalue weighted by Gasteiger charge is 2.38. The quantitative estimate of drug-likeness (QED) is 0.235. The van der Waals surface area contributed by atoms with Gasteiger partial charge in [-0.3, -0.25) is 4.79 Å². The van der Waals surface area contributed by atoms with Gasteiger partial charge in [0.15, 0.2) is 5.43 Å². The first kappa shape index (κ1) is 19.1. The fourth-order valence-electron chi connectivity index (χ4n) is 5.87. The normalized spacial score (nSPS) is 14.0. The summed E-state index contributed by atoms with van der Waals surface area (Å²) in [6, 6.07) is 27.4. The SMILES string of the molecule is CC.CC1(C)c2ccccc2-c2ccc3c(c21)c1cccc2c(=O)c4ccccc4n3c21. The summed E-state index contributed by atoms with van der Waals surface area (Å²) < 4.78 is 2.30. The Hall–Kier alpha value is -3.65. The van der Waals surface area contributed by atoms with Crippen LogP contribution in [0.4, 0.5) is 0 Å². The van der Waals surface area contributed by atoms with E-state index in [1.165, 1.54) is 38.5 Å². The predicted octanol–water partition coefficient (Wildman–Crippen LogP) is 7.53. The standard InChI is InChI=1S/C28H19NO.C2H6/c1-28(2)21-12-5-3-8-16(21)17-14-15-23-24(25(17)28)19-10-7-11-20-26(19)29(23)22-13-6-4-9-18(22)27(20)30;1-2/h3-15H,1-2H3;1-2H3. The van der Waals surface area contributed by atoms with E-state index in [1.54, 1.807) is 0 Å². The van der Waals surface area contributed by atoms with Crippen LogP contribution in [0.3, 0.4) is 0 Å². The molecule has 7 rings (SSSR count). The molecule has 156 valence electrons. The summed E-state index contributed by atoms with van der Waals surface area (Å²) in [7, 11) is 0. The molecule has 0 spiro atoms. The molecule has 0 N–H and O–H groups in total. The Labute approximate surface area is 187 Å². The van der Waals surface area contributed by atoms with Crippen molar-refractivity contribution in [2.24, 2.45) is 0 Å². The van der Waals surface area contributed by atoms with E-state index in [9.17, 15) is 4.79 Å². The summed E-state index contributed by atoms with van der Waals surface area (Å²) in [5.41, 5.74) is 8.59. The van der Waals surface area contributed by atoms with Gasteiger partial charge in [0.05, 0.1) is 16.6 Å². The summed E-state index contributed by atoms with van der Waals surface area (Å²) in [4.78, 5) is 13.3. The van der Waals surface area contributed by atoms with Crippen LogP contribution in [-0.4, -0.2) is 4.40 Å². The van der Waals surface area contributed by atoms with E-state index in [4.69, 9.17) is 0 Å². The van der Waals surface area contributed by atoms with Gasteiger partial charge in [-0.2, -0.15) is 0 Å². The minimum absolute atomic E-state index is 0.0991. The molecule has 1 aliphatic rings. The van der Waals surface area contributed by atoms with Crippen molar-refractivity contribution in [3.8, 4) is 11.1 Å². The third kappa shape index (κ3) is 2.12. The molecule has 1 aliphatic carbocycles. The van der Waals surface area contributed by atoms with Crippen molar-refractivity contribution in [3.05, 3.63) is 100 Å². The van der Waals surface area contributed by atoms with Crippen molar-refractivity contribution in [2.75, 3.05) is 0 Å². The van der Waals surface area contributed by atoms with Crippen LogP contribution >= 0.6 is 0 Å². The zero-order valence-corrected chi connectivity index (χ0v) is 18.9. The predicted molar refractivity (Wildman–Crippen MR) is 136 cm³/mol. The van der Waals surface area contributed by atoms with Crippen LogP contribution < -0.4 is 5.43 Å². The van der Waals surface area contributed by atoms with Crippen LogP contribution in [0.15, 0.2) is 83.7 Å². The number of hydrogen-bond acceptors (Lipinski definition) is 1. The van der Waals surface area contributed by atoms with Gasteiger partial charge in [0, 0.05) is 27.0 Å². The van der Waals surface area contributed by atoms with E-state index in [1.807, 2.05) is 44.2 Å². The Morgan fingerprint density at radius 3 is 2.19 bits per heavy atom. The summed E-state index contributed by atoms with van der Waals surface area (Å²) in [6.45, 7) is 8.64. The van der Waals surface area contributed by atoms with Gasteiger partial charge >= 0.3 is 0 Å². The molecule has 6 aromatic rings. The second-order valence-corrected chi connectivity index (χ2v) is 8.94. The average Bonchev–Trinajstić information content (AvgIpc) is 3.29. The van der Waals surface area contributed by atoms with E-state index in [0.717, 1.165) is 21.8 Å². The molecule has 32 heavy (non-hydrogen) atoms. The molecule has 0 atom stereocenters. The Morgan fingerprint density at radius 1 is 0.656 bits per heavy atom. The number of nitrogens with zero attached hydrogens (tertiary/aromatic N) is 1. The highest BCUT2D eigenvalue weighted by atomic mass is 16.1. The molecule has 0 radical (unpaired) electrons. The van der Waals surface area contributed by atoms with Gasteiger partial charge in [0.2, 0.25) is 0 Å². The molecule has 2 aromatic heterocycles. The monoisotopic (exact) mass is 415 g/mol. The third-order valence-corrected chi connectivity index (χ3v) is 7.10. The molecule has 2 heteroatoms. The second kappa shape index (κ2) is 6.43. The summed E-state index contributed by atoms with van der Waals surface area (Å²) in [6.07, 6.45) is 0. The van der Waals surface area contributed by atoms with E-state index >= 15 is 0 Å². The Balaban J connectivity index is 0.000000953. The summed E-state index contributed by atoms with van der Waals surface area (Å²) in [5, 5.41) is 4.01. The summed E-state index contributed by atoms with van der Waals surface area (Å²) >= 11 is 0. The van der Waals surface area contributed by atoms with E-state index < -0.39 is 0 Å². The van der Waals surface area contributed by atoms with E-state index in [0.29, 0.717) is 0 Å². The fraction of sp³-hybridized carbons (Fsp3) is 0.167. The highest BCUT2D eigenvalue weighted by molar-refractivity contribution is 6.19. The van der Waals surface area contributed by atoms with Crippen LogP contribution in [0, 0.1) is 0 Å². The van der Waals surface area contributed by atoms with Gasteiger partial charge < -0.3 is 4.40 Å². The number of fused-ring (bicyclic) bond motifs is 9. The molecule has 2 heterocycles. The lowest BCUT2D eigenvalue weighted by Gasteiger charge is -2.22. The van der Waals surface area contributed by atoms with Crippen molar-refractivity contribution in [1.29, 1.82) is 0 Å². The zero-order valence-electron chi connectivity index (χ0n) is 18.9. The van der Waals surface area contributed by atoms with Crippen LogP contribution in [0.1, 0.15) is 38.8 Å². The third-order valence-electron chi connectivity index (χ3n) is 7.10. The van der Waals surface area contributed by atoms with Crippen molar-refractivity contribution in [2.45, 2.75) is 33.1 Å². The largest absolute Gasteiger partial charge is 0.308 e. The average molecular weight is 416 g/mol.